The second-order valence-electron chi connectivity index (χ2n) is 3.33. The van der Waals surface area contributed by atoms with E-state index in [1.165, 1.54) is 25.1 Å². The lowest BCUT2D eigenvalue weighted by Crippen LogP contribution is -2.18. The smallest absolute Gasteiger partial charge is 0.405 e. The third-order valence-electron chi connectivity index (χ3n) is 1.91. The molecule has 16 heavy (non-hydrogen) atoms. The molecule has 1 atom stereocenters. The van der Waals surface area contributed by atoms with Crippen LogP contribution in [-0.2, 0) is 0 Å². The zero-order valence-corrected chi connectivity index (χ0v) is 8.58. The van der Waals surface area contributed by atoms with Crippen LogP contribution in [0.4, 0.5) is 13.2 Å². The van der Waals surface area contributed by atoms with Gasteiger partial charge in [0, 0.05) is 5.56 Å². The average molecular weight is 232 g/mol. The first kappa shape index (κ1) is 12.6. The zero-order chi connectivity index (χ0) is 12.3. The van der Waals surface area contributed by atoms with Crippen LogP contribution in [0.3, 0.4) is 0 Å². The van der Waals surface area contributed by atoms with Gasteiger partial charge in [-0.25, -0.2) is 0 Å². The Morgan fingerprint density at radius 1 is 1.38 bits per heavy atom. The Morgan fingerprint density at radius 3 is 2.44 bits per heavy atom. The number of hydrogen-bond donors (Lipinski definition) is 1. The lowest BCUT2D eigenvalue weighted by Gasteiger charge is -2.16. The minimum Gasteiger partial charge on any atom is -0.405 e. The first-order chi connectivity index (χ1) is 7.31. The van der Waals surface area contributed by atoms with E-state index in [0.29, 0.717) is 5.57 Å². The van der Waals surface area contributed by atoms with Crippen molar-refractivity contribution in [3.05, 3.63) is 42.0 Å². The number of hydrogen-bond acceptors (Lipinski definition) is 2. The molecule has 2 nitrogen and oxygen atoms in total. The van der Waals surface area contributed by atoms with Crippen molar-refractivity contribution in [2.24, 2.45) is 0 Å². The van der Waals surface area contributed by atoms with Crippen LogP contribution in [0, 0.1) is 0 Å². The van der Waals surface area contributed by atoms with Gasteiger partial charge in [0.05, 0.1) is 0 Å². The molecule has 0 saturated heterocycles. The third-order valence-corrected chi connectivity index (χ3v) is 1.91. The van der Waals surface area contributed by atoms with E-state index >= 15 is 0 Å². The number of benzene rings is 1. The lowest BCUT2D eigenvalue weighted by molar-refractivity contribution is -0.275. The molecular formula is C11H11F3O2. The van der Waals surface area contributed by atoms with Gasteiger partial charge < -0.3 is 9.84 Å². The van der Waals surface area contributed by atoms with E-state index in [-0.39, 0.29) is 5.56 Å². The number of alkyl halides is 3. The number of halogens is 3. The molecular weight excluding hydrogens is 221 g/mol. The highest BCUT2D eigenvalue weighted by Crippen LogP contribution is 2.32. The van der Waals surface area contributed by atoms with E-state index in [1.807, 2.05) is 0 Å². The van der Waals surface area contributed by atoms with Gasteiger partial charge in [-0.15, -0.1) is 13.2 Å². The normalized spacial score (nSPS) is 13.3. The van der Waals surface area contributed by atoms with Gasteiger partial charge in [0.1, 0.15) is 11.9 Å². The molecule has 1 aromatic rings. The van der Waals surface area contributed by atoms with Crippen molar-refractivity contribution in [2.45, 2.75) is 19.4 Å². The summed E-state index contributed by atoms with van der Waals surface area (Å²) >= 11 is 0. The quantitative estimate of drug-likeness (QED) is 0.811. The number of rotatable bonds is 3. The second kappa shape index (κ2) is 4.57. The van der Waals surface area contributed by atoms with Gasteiger partial charge in [0.25, 0.3) is 0 Å². The van der Waals surface area contributed by atoms with Crippen LogP contribution in [0.2, 0.25) is 0 Å². The van der Waals surface area contributed by atoms with Crippen molar-refractivity contribution in [2.75, 3.05) is 0 Å². The first-order valence-corrected chi connectivity index (χ1v) is 4.49. The SMILES string of the molecule is C=C(C)C(O)c1ccccc1OC(F)(F)F. The van der Waals surface area contributed by atoms with Crippen LogP contribution >= 0.6 is 0 Å². The van der Waals surface area contributed by atoms with Crippen molar-refractivity contribution in [3.63, 3.8) is 0 Å². The summed E-state index contributed by atoms with van der Waals surface area (Å²) in [7, 11) is 0. The van der Waals surface area contributed by atoms with Crippen molar-refractivity contribution < 1.29 is 23.0 Å². The zero-order valence-electron chi connectivity index (χ0n) is 8.58. The largest absolute Gasteiger partial charge is 0.573 e. The van der Waals surface area contributed by atoms with Crippen LogP contribution in [-0.4, -0.2) is 11.5 Å². The van der Waals surface area contributed by atoms with Crippen molar-refractivity contribution in [1.29, 1.82) is 0 Å². The summed E-state index contributed by atoms with van der Waals surface area (Å²) in [4.78, 5) is 0. The van der Waals surface area contributed by atoms with E-state index in [9.17, 15) is 18.3 Å². The number of aliphatic hydroxyl groups excluding tert-OH is 1. The molecule has 0 aliphatic rings. The standard InChI is InChI=1S/C11H11F3O2/c1-7(2)10(15)8-5-3-4-6-9(8)16-11(12,13)14/h3-6,10,15H,1H2,2H3. The van der Waals surface area contributed by atoms with Gasteiger partial charge in [-0.1, -0.05) is 24.8 Å². The van der Waals surface area contributed by atoms with E-state index in [2.05, 4.69) is 11.3 Å². The summed E-state index contributed by atoms with van der Waals surface area (Å²) in [6.07, 6.45) is -5.94. The number of ether oxygens (including phenoxy) is 1. The van der Waals surface area contributed by atoms with Crippen LogP contribution in [0.25, 0.3) is 0 Å². The average Bonchev–Trinajstić information content (AvgIpc) is 2.15. The maximum Gasteiger partial charge on any atom is 0.573 e. The molecule has 0 amide bonds. The van der Waals surface area contributed by atoms with Gasteiger partial charge >= 0.3 is 6.36 Å². The Balaban J connectivity index is 3.05. The van der Waals surface area contributed by atoms with Crippen LogP contribution in [0.1, 0.15) is 18.6 Å². The Bertz CT molecular complexity index is 385. The molecule has 0 aromatic heterocycles. The number of aliphatic hydroxyl groups is 1. The predicted octanol–water partition coefficient (Wildman–Crippen LogP) is 3.19. The second-order valence-corrected chi connectivity index (χ2v) is 3.33. The molecule has 0 bridgehead atoms. The van der Waals surface area contributed by atoms with Crippen LogP contribution in [0.15, 0.2) is 36.4 Å². The Morgan fingerprint density at radius 2 is 1.94 bits per heavy atom. The summed E-state index contributed by atoms with van der Waals surface area (Å²) in [5, 5.41) is 9.63. The molecule has 1 aromatic carbocycles. The Labute approximate surface area is 91.0 Å². The third kappa shape index (κ3) is 3.27. The summed E-state index contributed by atoms with van der Waals surface area (Å²) in [6, 6.07) is 5.43. The summed E-state index contributed by atoms with van der Waals surface area (Å²) < 4.78 is 40.0. The highest BCUT2D eigenvalue weighted by Gasteiger charge is 2.32. The maximum absolute atomic E-state index is 12.1. The molecule has 1 unspecified atom stereocenters. The summed E-state index contributed by atoms with van der Waals surface area (Å²) in [6.45, 7) is 5.01. The van der Waals surface area contributed by atoms with E-state index in [1.54, 1.807) is 0 Å². The monoisotopic (exact) mass is 232 g/mol. The molecule has 1 rings (SSSR count). The maximum atomic E-state index is 12.1. The van der Waals surface area contributed by atoms with Gasteiger partial charge in [0.15, 0.2) is 0 Å². The highest BCUT2D eigenvalue weighted by atomic mass is 19.4. The van der Waals surface area contributed by atoms with Crippen molar-refractivity contribution in [1.82, 2.24) is 0 Å². The van der Waals surface area contributed by atoms with E-state index < -0.39 is 18.2 Å². The first-order valence-electron chi connectivity index (χ1n) is 4.49. The summed E-state index contributed by atoms with van der Waals surface area (Å²) in [5.41, 5.74) is 0.394. The van der Waals surface area contributed by atoms with E-state index in [0.717, 1.165) is 6.07 Å². The molecule has 0 aliphatic heterocycles. The molecule has 0 radical (unpaired) electrons. The number of para-hydroxylation sites is 1. The molecule has 0 heterocycles. The van der Waals surface area contributed by atoms with Gasteiger partial charge in [0.2, 0.25) is 0 Å². The summed E-state index contributed by atoms with van der Waals surface area (Å²) in [5.74, 6) is -0.412. The molecule has 1 N–H and O–H groups in total. The molecule has 0 spiro atoms. The fourth-order valence-electron chi connectivity index (χ4n) is 1.19. The topological polar surface area (TPSA) is 29.5 Å². The van der Waals surface area contributed by atoms with Crippen LogP contribution in [0.5, 0.6) is 5.75 Å². The Hall–Kier alpha value is -1.49. The highest BCUT2D eigenvalue weighted by molar-refractivity contribution is 5.38. The van der Waals surface area contributed by atoms with Crippen molar-refractivity contribution in [3.8, 4) is 5.75 Å². The minimum atomic E-state index is -4.77. The molecule has 0 saturated carbocycles. The fourth-order valence-corrected chi connectivity index (χ4v) is 1.19. The van der Waals surface area contributed by atoms with Gasteiger partial charge in [-0.05, 0) is 18.6 Å². The molecule has 0 fully saturated rings. The van der Waals surface area contributed by atoms with Crippen LogP contribution < -0.4 is 4.74 Å². The van der Waals surface area contributed by atoms with Gasteiger partial charge in [-0.3, -0.25) is 0 Å². The molecule has 0 aliphatic carbocycles. The molecule has 88 valence electrons. The molecule has 5 heteroatoms. The van der Waals surface area contributed by atoms with Gasteiger partial charge in [-0.2, -0.15) is 0 Å². The van der Waals surface area contributed by atoms with E-state index in [4.69, 9.17) is 0 Å². The predicted molar refractivity (Wildman–Crippen MR) is 52.9 cm³/mol. The fraction of sp³-hybridized carbons (Fsp3) is 0.273. The van der Waals surface area contributed by atoms with Crippen molar-refractivity contribution >= 4 is 0 Å². The Kier molecular flexibility index (Phi) is 3.59. The lowest BCUT2D eigenvalue weighted by atomic mass is 10.0. The minimum absolute atomic E-state index is 0.0484.